The Morgan fingerprint density at radius 3 is 2.71 bits per heavy atom. The van der Waals surface area contributed by atoms with Gasteiger partial charge in [-0.3, -0.25) is 4.79 Å². The number of Topliss-reactive ketones (excluding diaryl/α,β-unsaturated/α-hetero) is 1. The molecule has 7 heavy (non-hydrogen) atoms. The second-order valence-corrected chi connectivity index (χ2v) is 3.06. The average Bonchev–Trinajstić information content (AvgIpc) is 1.87. The summed E-state index contributed by atoms with van der Waals surface area (Å²) in [5.74, 6) is 0.865. The van der Waals surface area contributed by atoms with Crippen molar-refractivity contribution in [3.8, 4) is 0 Å². The van der Waals surface area contributed by atoms with Crippen LogP contribution in [-0.4, -0.2) is 21.8 Å². The molecule has 40 valence electrons. The SMILES string of the molecule is O=C1CSN(S)C1. The van der Waals surface area contributed by atoms with E-state index < -0.39 is 0 Å². The predicted molar refractivity (Wildman–Crippen MR) is 33.2 cm³/mol. The van der Waals surface area contributed by atoms with E-state index in [4.69, 9.17) is 0 Å². The minimum atomic E-state index is 0.264. The van der Waals surface area contributed by atoms with Gasteiger partial charge >= 0.3 is 0 Å². The molecule has 0 unspecified atom stereocenters. The van der Waals surface area contributed by atoms with Gasteiger partial charge in [-0.05, 0) is 0 Å². The molecule has 1 heterocycles. The first-order valence-electron chi connectivity index (χ1n) is 1.90. The van der Waals surface area contributed by atoms with E-state index in [1.54, 1.807) is 3.71 Å². The average molecular weight is 135 g/mol. The maximum absolute atomic E-state index is 10.3. The van der Waals surface area contributed by atoms with E-state index in [2.05, 4.69) is 12.8 Å². The van der Waals surface area contributed by atoms with Crippen molar-refractivity contribution in [3.05, 3.63) is 0 Å². The lowest BCUT2D eigenvalue weighted by Crippen LogP contribution is -2.03. The number of thiol groups is 1. The van der Waals surface area contributed by atoms with Crippen LogP contribution in [0.25, 0.3) is 0 Å². The molecule has 1 saturated heterocycles. The maximum atomic E-state index is 10.3. The molecule has 0 saturated carbocycles. The molecule has 0 aromatic rings. The smallest absolute Gasteiger partial charge is 0.159 e. The Labute approximate surface area is 51.9 Å². The van der Waals surface area contributed by atoms with Crippen molar-refractivity contribution >= 4 is 30.5 Å². The maximum Gasteiger partial charge on any atom is 0.159 e. The van der Waals surface area contributed by atoms with E-state index in [1.165, 1.54) is 11.9 Å². The quantitative estimate of drug-likeness (QED) is 0.383. The molecule has 0 aromatic carbocycles. The summed E-state index contributed by atoms with van der Waals surface area (Å²) < 4.78 is 1.64. The molecule has 0 bridgehead atoms. The van der Waals surface area contributed by atoms with Crippen LogP contribution in [0.15, 0.2) is 0 Å². The fraction of sp³-hybridized carbons (Fsp3) is 0.667. The number of nitrogens with zero attached hydrogens (tertiary/aromatic N) is 1. The van der Waals surface area contributed by atoms with Crippen molar-refractivity contribution in [2.45, 2.75) is 0 Å². The topological polar surface area (TPSA) is 20.3 Å². The largest absolute Gasteiger partial charge is 0.297 e. The fourth-order valence-corrected chi connectivity index (χ4v) is 1.34. The van der Waals surface area contributed by atoms with Crippen LogP contribution in [0.3, 0.4) is 0 Å². The first-order chi connectivity index (χ1) is 3.29. The van der Waals surface area contributed by atoms with Gasteiger partial charge in [0.2, 0.25) is 0 Å². The normalized spacial score (nSPS) is 23.9. The second-order valence-electron chi connectivity index (χ2n) is 1.32. The van der Waals surface area contributed by atoms with Crippen LogP contribution in [0.2, 0.25) is 0 Å². The van der Waals surface area contributed by atoms with Gasteiger partial charge in [-0.15, -0.1) is 0 Å². The van der Waals surface area contributed by atoms with E-state index in [0.717, 1.165) is 0 Å². The lowest BCUT2D eigenvalue weighted by Gasteiger charge is -1.96. The summed E-state index contributed by atoms with van der Waals surface area (Å²) in [7, 11) is 0. The van der Waals surface area contributed by atoms with Gasteiger partial charge in [0.1, 0.15) is 0 Å². The molecule has 1 aliphatic heterocycles. The molecule has 0 amide bonds. The Morgan fingerprint density at radius 1 is 1.86 bits per heavy atom. The molecule has 0 atom stereocenters. The van der Waals surface area contributed by atoms with Crippen LogP contribution in [0.4, 0.5) is 0 Å². The molecule has 1 fully saturated rings. The van der Waals surface area contributed by atoms with Crippen molar-refractivity contribution in [2.75, 3.05) is 12.3 Å². The number of rotatable bonds is 0. The highest BCUT2D eigenvalue weighted by Gasteiger charge is 2.15. The summed E-state index contributed by atoms with van der Waals surface area (Å²) in [6, 6.07) is 0. The molecule has 0 radical (unpaired) electrons. The number of carbonyl (C=O) groups is 1. The van der Waals surface area contributed by atoms with Gasteiger partial charge in [0.05, 0.1) is 12.3 Å². The summed E-state index contributed by atoms with van der Waals surface area (Å²) in [5, 5.41) is 0. The van der Waals surface area contributed by atoms with Crippen LogP contribution in [0.5, 0.6) is 0 Å². The molecule has 1 aliphatic rings. The van der Waals surface area contributed by atoms with Crippen molar-refractivity contribution in [1.29, 1.82) is 0 Å². The van der Waals surface area contributed by atoms with E-state index in [9.17, 15) is 4.79 Å². The predicted octanol–water partition coefficient (Wildman–Crippen LogP) is 0.364. The number of carbonyl (C=O) groups excluding carboxylic acids is 1. The zero-order valence-corrected chi connectivity index (χ0v) is 5.34. The first-order valence-corrected chi connectivity index (χ1v) is 3.24. The third-order valence-electron chi connectivity index (χ3n) is 0.686. The van der Waals surface area contributed by atoms with E-state index in [1.807, 2.05) is 0 Å². The lowest BCUT2D eigenvalue weighted by molar-refractivity contribution is -0.115. The van der Waals surface area contributed by atoms with Crippen molar-refractivity contribution in [2.24, 2.45) is 0 Å². The molecule has 1 rings (SSSR count). The Hall–Kier alpha value is 0.330. The van der Waals surface area contributed by atoms with E-state index >= 15 is 0 Å². The summed E-state index contributed by atoms with van der Waals surface area (Å²) in [6.07, 6.45) is 0. The van der Waals surface area contributed by atoms with Gasteiger partial charge in [-0.25, -0.2) is 0 Å². The fourth-order valence-electron chi connectivity index (χ4n) is 0.389. The Kier molecular flexibility index (Phi) is 1.61. The van der Waals surface area contributed by atoms with E-state index in [-0.39, 0.29) is 5.78 Å². The molecule has 4 heteroatoms. The highest BCUT2D eigenvalue weighted by molar-refractivity contribution is 8.06. The van der Waals surface area contributed by atoms with Gasteiger partial charge in [-0.1, -0.05) is 24.8 Å². The lowest BCUT2D eigenvalue weighted by atomic mass is 10.5. The molecule has 2 nitrogen and oxygen atoms in total. The summed E-state index contributed by atoms with van der Waals surface area (Å²) >= 11 is 5.38. The number of ketones is 1. The van der Waals surface area contributed by atoms with Gasteiger partial charge < -0.3 is 0 Å². The summed E-state index contributed by atoms with van der Waals surface area (Å²) in [6.45, 7) is 0.494. The molecule has 0 N–H and O–H groups in total. The highest BCUT2D eigenvalue weighted by atomic mass is 32.2. The summed E-state index contributed by atoms with van der Waals surface area (Å²) in [4.78, 5) is 10.3. The Morgan fingerprint density at radius 2 is 2.57 bits per heavy atom. The van der Waals surface area contributed by atoms with Crippen LogP contribution in [-0.2, 0) is 4.79 Å². The van der Waals surface area contributed by atoms with Crippen LogP contribution < -0.4 is 0 Å². The standard InChI is InChI=1S/C3H5NOS2/c5-3-1-4(6)7-2-3/h6H,1-2H2. The first kappa shape index (κ1) is 5.47. The van der Waals surface area contributed by atoms with Crippen molar-refractivity contribution < 1.29 is 4.79 Å². The minimum absolute atomic E-state index is 0.264. The zero-order chi connectivity index (χ0) is 5.28. The van der Waals surface area contributed by atoms with Gasteiger partial charge in [0, 0.05) is 0 Å². The number of hydrogen-bond acceptors (Lipinski definition) is 4. The monoisotopic (exact) mass is 135 g/mol. The summed E-state index contributed by atoms with van der Waals surface area (Å²) in [5.41, 5.74) is 0. The van der Waals surface area contributed by atoms with Crippen molar-refractivity contribution in [1.82, 2.24) is 3.71 Å². The van der Waals surface area contributed by atoms with Gasteiger partial charge in [-0.2, -0.15) is 3.71 Å². The molecular weight excluding hydrogens is 130 g/mol. The van der Waals surface area contributed by atoms with E-state index in [0.29, 0.717) is 12.3 Å². The number of hydrogen-bond donors (Lipinski definition) is 1. The molecule has 0 spiro atoms. The van der Waals surface area contributed by atoms with Crippen LogP contribution >= 0.6 is 24.8 Å². The van der Waals surface area contributed by atoms with Crippen LogP contribution in [0.1, 0.15) is 0 Å². The molecule has 0 aliphatic carbocycles. The molecular formula is C3H5NOS2. The minimum Gasteiger partial charge on any atom is -0.297 e. The van der Waals surface area contributed by atoms with Crippen molar-refractivity contribution in [3.63, 3.8) is 0 Å². The third-order valence-corrected chi connectivity index (χ3v) is 2.05. The highest BCUT2D eigenvalue weighted by Crippen LogP contribution is 2.18. The zero-order valence-electron chi connectivity index (χ0n) is 3.63. The van der Waals surface area contributed by atoms with Gasteiger partial charge in [0.15, 0.2) is 5.78 Å². The third kappa shape index (κ3) is 1.36. The molecule has 0 aromatic heterocycles. The second kappa shape index (κ2) is 2.07. The Balaban J connectivity index is 2.40. The van der Waals surface area contributed by atoms with Crippen LogP contribution in [0, 0.1) is 0 Å². The van der Waals surface area contributed by atoms with Gasteiger partial charge in [0.25, 0.3) is 0 Å². The Bertz CT molecular complexity index is 94.9.